The van der Waals surface area contributed by atoms with Gasteiger partial charge in [-0.3, -0.25) is 4.90 Å². The van der Waals surface area contributed by atoms with Gasteiger partial charge in [-0.2, -0.15) is 9.57 Å². The summed E-state index contributed by atoms with van der Waals surface area (Å²) < 4.78 is 51.6. The highest BCUT2D eigenvalue weighted by molar-refractivity contribution is 7.91. The number of nitriles is 1. The molecule has 154 valence electrons. The first-order valence-electron chi connectivity index (χ1n) is 9.63. The Bertz CT molecular complexity index is 936. The summed E-state index contributed by atoms with van der Waals surface area (Å²) in [5, 5.41) is 8.41. The van der Waals surface area contributed by atoms with Crippen LogP contribution in [0.5, 0.6) is 0 Å². The number of nitrogens with zero attached hydrogens (tertiary/aromatic N) is 3. The van der Waals surface area contributed by atoms with Gasteiger partial charge in [0.15, 0.2) is 9.84 Å². The summed E-state index contributed by atoms with van der Waals surface area (Å²) in [5.41, 5.74) is 0.435. The molecule has 28 heavy (non-hydrogen) atoms. The lowest BCUT2D eigenvalue weighted by Crippen LogP contribution is -2.56. The van der Waals surface area contributed by atoms with Crippen LogP contribution in [0.4, 0.5) is 0 Å². The second-order valence-electron chi connectivity index (χ2n) is 7.84. The summed E-state index contributed by atoms with van der Waals surface area (Å²) >= 11 is 0. The molecule has 3 rings (SSSR count). The Morgan fingerprint density at radius 2 is 1.64 bits per heavy atom. The number of benzene rings is 1. The molecular formula is C19H27N3O4S2. The molecule has 2 saturated heterocycles. The van der Waals surface area contributed by atoms with Gasteiger partial charge < -0.3 is 0 Å². The van der Waals surface area contributed by atoms with Gasteiger partial charge in [0.2, 0.25) is 10.0 Å². The van der Waals surface area contributed by atoms with Gasteiger partial charge >= 0.3 is 0 Å². The lowest BCUT2D eigenvalue weighted by atomic mass is 10.2. The average molecular weight is 426 g/mol. The van der Waals surface area contributed by atoms with E-state index in [1.807, 2.05) is 6.07 Å². The Balaban J connectivity index is 1.58. The van der Waals surface area contributed by atoms with Gasteiger partial charge in [0.05, 0.1) is 27.5 Å². The van der Waals surface area contributed by atoms with Crippen molar-refractivity contribution in [2.75, 3.05) is 25.4 Å². The second-order valence-corrected chi connectivity index (χ2v) is 12.4. The van der Waals surface area contributed by atoms with Crippen molar-refractivity contribution in [3.8, 4) is 6.07 Å². The minimum atomic E-state index is -3.39. The van der Waals surface area contributed by atoms with Gasteiger partial charge in [0.1, 0.15) is 0 Å². The molecule has 2 aliphatic rings. The van der Waals surface area contributed by atoms with E-state index in [1.165, 1.54) is 24.3 Å². The van der Waals surface area contributed by atoms with Gasteiger partial charge in [0.25, 0.3) is 0 Å². The van der Waals surface area contributed by atoms with Crippen LogP contribution in [0.15, 0.2) is 29.2 Å². The van der Waals surface area contributed by atoms with Gasteiger partial charge in [-0.15, -0.1) is 0 Å². The van der Waals surface area contributed by atoms with Crippen molar-refractivity contribution >= 4 is 19.9 Å². The van der Waals surface area contributed by atoms with Crippen molar-refractivity contribution in [2.45, 2.75) is 55.3 Å². The van der Waals surface area contributed by atoms with Gasteiger partial charge in [0, 0.05) is 25.2 Å². The molecule has 2 atom stereocenters. The van der Waals surface area contributed by atoms with Crippen LogP contribution < -0.4 is 0 Å². The Morgan fingerprint density at radius 3 is 2.14 bits per heavy atom. The van der Waals surface area contributed by atoms with Crippen LogP contribution in [0.2, 0.25) is 0 Å². The number of hydrogen-bond donors (Lipinski definition) is 0. The van der Waals surface area contributed by atoms with E-state index in [0.29, 0.717) is 31.6 Å². The van der Waals surface area contributed by atoms with E-state index < -0.39 is 25.1 Å². The summed E-state index contributed by atoms with van der Waals surface area (Å²) in [6.45, 7) is 5.06. The van der Waals surface area contributed by atoms with Gasteiger partial charge in [-0.05, 0) is 63.9 Å². The molecule has 2 bridgehead atoms. The van der Waals surface area contributed by atoms with Crippen LogP contribution in [0.1, 0.15) is 38.7 Å². The van der Waals surface area contributed by atoms with Crippen molar-refractivity contribution in [1.82, 2.24) is 9.21 Å². The molecule has 9 heteroatoms. The number of fused-ring (bicyclic) bond motifs is 2. The molecule has 7 nitrogen and oxygen atoms in total. The molecule has 0 aromatic heterocycles. The summed E-state index contributed by atoms with van der Waals surface area (Å²) in [7, 11) is -6.64. The van der Waals surface area contributed by atoms with Crippen molar-refractivity contribution in [1.29, 1.82) is 5.26 Å². The van der Waals surface area contributed by atoms with Gasteiger partial charge in [-0.25, -0.2) is 16.8 Å². The quantitative estimate of drug-likeness (QED) is 0.658. The van der Waals surface area contributed by atoms with E-state index in [-0.39, 0.29) is 22.7 Å². The van der Waals surface area contributed by atoms with E-state index in [9.17, 15) is 16.8 Å². The molecule has 1 aromatic rings. The summed E-state index contributed by atoms with van der Waals surface area (Å²) in [5.74, 6) is 0.0445. The van der Waals surface area contributed by atoms with Crippen molar-refractivity contribution in [3.63, 3.8) is 0 Å². The van der Waals surface area contributed by atoms with Crippen LogP contribution in [-0.4, -0.2) is 68.8 Å². The van der Waals surface area contributed by atoms with E-state index >= 15 is 0 Å². The molecule has 2 heterocycles. The number of rotatable bonds is 7. The van der Waals surface area contributed by atoms with Crippen LogP contribution in [-0.2, 0) is 19.9 Å². The minimum Gasteiger partial charge on any atom is -0.295 e. The predicted octanol–water partition coefficient (Wildman–Crippen LogP) is 1.61. The molecule has 0 radical (unpaired) electrons. The lowest BCUT2D eigenvalue weighted by Gasteiger charge is -2.41. The Labute approximate surface area is 167 Å². The zero-order valence-corrected chi connectivity index (χ0v) is 17.9. The Kier molecular flexibility index (Phi) is 6.15. The second kappa shape index (κ2) is 8.11. The fourth-order valence-electron chi connectivity index (χ4n) is 4.11. The highest BCUT2D eigenvalue weighted by Gasteiger charge is 2.43. The number of piperazine rings is 1. The minimum absolute atomic E-state index is 0.0445. The first-order chi connectivity index (χ1) is 13.1. The third-order valence-corrected chi connectivity index (χ3v) is 9.75. The van der Waals surface area contributed by atoms with Crippen molar-refractivity contribution in [2.24, 2.45) is 0 Å². The Hall–Kier alpha value is -1.47. The lowest BCUT2D eigenvalue weighted by molar-refractivity contribution is 0.110. The number of sulfonamides is 1. The smallest absolute Gasteiger partial charge is 0.216 e. The molecule has 2 unspecified atom stereocenters. The standard InChI is InChI=1S/C19H27N3O4S2/c1-15(2)28(25,26)21-13-17-6-7-18(14-21)22(17)10-3-11-27(23,24)19-8-4-16(12-20)5-9-19/h4-5,8-9,15,17-18H,3,6-7,10-11,13-14H2,1-2H3. The van der Waals surface area contributed by atoms with Crippen LogP contribution in [0.3, 0.4) is 0 Å². The summed E-state index contributed by atoms with van der Waals surface area (Å²) in [6.07, 6.45) is 2.42. The fourth-order valence-corrected chi connectivity index (χ4v) is 6.77. The highest BCUT2D eigenvalue weighted by Crippen LogP contribution is 2.32. The third kappa shape index (κ3) is 4.25. The topological polar surface area (TPSA) is 98.6 Å². The maximum atomic E-state index is 12.5. The molecule has 0 aliphatic carbocycles. The molecule has 2 fully saturated rings. The van der Waals surface area contributed by atoms with Crippen molar-refractivity contribution < 1.29 is 16.8 Å². The molecule has 0 N–H and O–H groups in total. The van der Waals surface area contributed by atoms with E-state index in [2.05, 4.69) is 4.90 Å². The van der Waals surface area contributed by atoms with Gasteiger partial charge in [-0.1, -0.05) is 0 Å². The predicted molar refractivity (Wildman–Crippen MR) is 107 cm³/mol. The normalized spacial score (nSPS) is 23.8. The number of sulfone groups is 1. The third-order valence-electron chi connectivity index (χ3n) is 5.73. The summed E-state index contributed by atoms with van der Waals surface area (Å²) in [6, 6.07) is 8.31. The number of hydrogen-bond acceptors (Lipinski definition) is 6. The zero-order valence-electron chi connectivity index (χ0n) is 16.3. The maximum absolute atomic E-state index is 12.5. The first kappa shape index (κ1) is 21.2. The molecule has 0 amide bonds. The maximum Gasteiger partial charge on any atom is 0.216 e. The molecule has 0 saturated carbocycles. The molecule has 0 spiro atoms. The van der Waals surface area contributed by atoms with Crippen molar-refractivity contribution in [3.05, 3.63) is 29.8 Å². The van der Waals surface area contributed by atoms with Crippen LogP contribution in [0, 0.1) is 11.3 Å². The summed E-state index contributed by atoms with van der Waals surface area (Å²) in [4.78, 5) is 2.53. The zero-order chi connectivity index (χ0) is 20.5. The highest BCUT2D eigenvalue weighted by atomic mass is 32.2. The van der Waals surface area contributed by atoms with Crippen LogP contribution >= 0.6 is 0 Å². The molecular weight excluding hydrogens is 398 g/mol. The molecule has 1 aromatic carbocycles. The SMILES string of the molecule is CC(C)S(=O)(=O)N1CC2CCC(C1)N2CCCS(=O)(=O)c1ccc(C#N)cc1. The van der Waals surface area contributed by atoms with Crippen LogP contribution in [0.25, 0.3) is 0 Å². The largest absolute Gasteiger partial charge is 0.295 e. The monoisotopic (exact) mass is 425 g/mol. The molecule has 2 aliphatic heterocycles. The first-order valence-corrected chi connectivity index (χ1v) is 12.8. The van der Waals surface area contributed by atoms with E-state index in [1.54, 1.807) is 18.2 Å². The average Bonchev–Trinajstić information content (AvgIpc) is 2.89. The fraction of sp³-hybridized carbons (Fsp3) is 0.632. The van der Waals surface area contributed by atoms with E-state index in [4.69, 9.17) is 5.26 Å². The Morgan fingerprint density at radius 1 is 1.07 bits per heavy atom. The van der Waals surface area contributed by atoms with E-state index in [0.717, 1.165) is 12.8 Å².